The molecule has 1 saturated carbocycles. The normalized spacial score (nSPS) is 16.8. The van der Waals surface area contributed by atoms with E-state index < -0.39 is 0 Å². The molecule has 0 atom stereocenters. The second-order valence-electron chi connectivity index (χ2n) is 4.77. The molecule has 1 aromatic rings. The van der Waals surface area contributed by atoms with Crippen LogP contribution in [0.4, 0.5) is 0 Å². The van der Waals surface area contributed by atoms with E-state index in [1.54, 1.807) is 0 Å². The molecule has 1 aromatic carbocycles. The molecule has 16 heavy (non-hydrogen) atoms. The van der Waals surface area contributed by atoms with Crippen molar-refractivity contribution in [3.63, 3.8) is 0 Å². The van der Waals surface area contributed by atoms with Crippen molar-refractivity contribution in [1.82, 2.24) is 5.32 Å². The van der Waals surface area contributed by atoms with Gasteiger partial charge in [0, 0.05) is 13.1 Å². The Morgan fingerprint density at radius 1 is 1.31 bits per heavy atom. The molecule has 0 unspecified atom stereocenters. The minimum absolute atomic E-state index is 0.604. The summed E-state index contributed by atoms with van der Waals surface area (Å²) >= 11 is 0. The Hall–Kier alpha value is -1.33. The smallest absolute Gasteiger partial charge is 0.0991 e. The first kappa shape index (κ1) is 11.2. The van der Waals surface area contributed by atoms with Crippen LogP contribution in [-0.2, 0) is 6.54 Å². The summed E-state index contributed by atoms with van der Waals surface area (Å²) in [6.45, 7) is 4.31. The van der Waals surface area contributed by atoms with Crippen LogP contribution in [0.25, 0.3) is 0 Å². The maximum atomic E-state index is 8.69. The zero-order chi connectivity index (χ0) is 11.4. The number of nitrogens with one attached hydrogen (secondary N) is 1. The van der Waals surface area contributed by atoms with Gasteiger partial charge in [-0.2, -0.15) is 5.26 Å². The van der Waals surface area contributed by atoms with Crippen molar-refractivity contribution in [2.24, 2.45) is 5.41 Å². The van der Waals surface area contributed by atoms with Gasteiger partial charge in [0.25, 0.3) is 0 Å². The molecule has 1 aliphatic rings. The Labute approximate surface area is 97.3 Å². The minimum atomic E-state index is 0.604. The number of nitrogens with zero attached hydrogens (tertiary/aromatic N) is 1. The quantitative estimate of drug-likeness (QED) is 0.818. The fourth-order valence-electron chi connectivity index (χ4n) is 2.00. The van der Waals surface area contributed by atoms with Crippen LogP contribution in [-0.4, -0.2) is 6.54 Å². The minimum Gasteiger partial charge on any atom is -0.312 e. The molecule has 1 N–H and O–H groups in total. The average Bonchev–Trinajstić information content (AvgIpc) is 3.11. The van der Waals surface area contributed by atoms with E-state index in [0.29, 0.717) is 5.41 Å². The van der Waals surface area contributed by atoms with Crippen molar-refractivity contribution >= 4 is 0 Å². The lowest BCUT2D eigenvalue weighted by Gasteiger charge is -2.13. The van der Waals surface area contributed by atoms with Gasteiger partial charge in [-0.15, -0.1) is 0 Å². The molecule has 2 rings (SSSR count). The highest BCUT2D eigenvalue weighted by Crippen LogP contribution is 2.47. The summed E-state index contributed by atoms with van der Waals surface area (Å²) in [6, 6.07) is 9.94. The van der Waals surface area contributed by atoms with Crippen molar-refractivity contribution in [3.8, 4) is 6.07 Å². The second-order valence-corrected chi connectivity index (χ2v) is 4.77. The van der Waals surface area contributed by atoms with E-state index in [0.717, 1.165) is 18.7 Å². The fourth-order valence-corrected chi connectivity index (χ4v) is 2.00. The van der Waals surface area contributed by atoms with Crippen LogP contribution in [0.2, 0.25) is 0 Å². The Bertz CT molecular complexity index is 382. The zero-order valence-corrected chi connectivity index (χ0v) is 9.79. The molecule has 1 fully saturated rings. The van der Waals surface area contributed by atoms with Gasteiger partial charge in [-0.05, 0) is 42.4 Å². The Kier molecular flexibility index (Phi) is 3.26. The second kappa shape index (κ2) is 4.67. The third-order valence-electron chi connectivity index (χ3n) is 3.62. The number of hydrogen-bond donors (Lipinski definition) is 1. The molecular weight excluding hydrogens is 196 g/mol. The molecule has 0 spiro atoms. The van der Waals surface area contributed by atoms with Gasteiger partial charge in [-0.3, -0.25) is 0 Å². The van der Waals surface area contributed by atoms with Crippen molar-refractivity contribution < 1.29 is 0 Å². The van der Waals surface area contributed by atoms with E-state index in [1.807, 2.05) is 24.3 Å². The third-order valence-corrected chi connectivity index (χ3v) is 3.62. The highest BCUT2D eigenvalue weighted by atomic mass is 14.9. The third kappa shape index (κ3) is 2.62. The topological polar surface area (TPSA) is 35.8 Å². The first-order valence-electron chi connectivity index (χ1n) is 5.98. The maximum Gasteiger partial charge on any atom is 0.0991 e. The lowest BCUT2D eigenvalue weighted by Crippen LogP contribution is -2.23. The van der Waals surface area contributed by atoms with E-state index in [4.69, 9.17) is 5.26 Å². The van der Waals surface area contributed by atoms with Gasteiger partial charge in [-0.25, -0.2) is 0 Å². The predicted octanol–water partition coefficient (Wildman–Crippen LogP) is 2.84. The average molecular weight is 214 g/mol. The maximum absolute atomic E-state index is 8.69. The van der Waals surface area contributed by atoms with Gasteiger partial charge >= 0.3 is 0 Å². The first-order valence-corrected chi connectivity index (χ1v) is 5.98. The van der Waals surface area contributed by atoms with Gasteiger partial charge in [0.1, 0.15) is 0 Å². The molecule has 2 nitrogen and oxygen atoms in total. The number of benzene rings is 1. The highest BCUT2D eigenvalue weighted by Gasteiger charge is 2.39. The van der Waals surface area contributed by atoms with Crippen LogP contribution in [0, 0.1) is 16.7 Å². The van der Waals surface area contributed by atoms with Gasteiger partial charge in [0.15, 0.2) is 0 Å². The summed E-state index contributed by atoms with van der Waals surface area (Å²) in [4.78, 5) is 0. The van der Waals surface area contributed by atoms with Crippen molar-refractivity contribution in [3.05, 3.63) is 35.4 Å². The van der Waals surface area contributed by atoms with E-state index >= 15 is 0 Å². The molecule has 84 valence electrons. The van der Waals surface area contributed by atoms with E-state index in [2.05, 4.69) is 18.3 Å². The summed E-state index contributed by atoms with van der Waals surface area (Å²) in [5.41, 5.74) is 2.59. The molecule has 1 aliphatic carbocycles. The van der Waals surface area contributed by atoms with Crippen LogP contribution >= 0.6 is 0 Å². The van der Waals surface area contributed by atoms with Crippen molar-refractivity contribution in [1.29, 1.82) is 5.26 Å². The summed E-state index contributed by atoms with van der Waals surface area (Å²) < 4.78 is 0. The monoisotopic (exact) mass is 214 g/mol. The van der Waals surface area contributed by atoms with Gasteiger partial charge in [-0.1, -0.05) is 19.1 Å². The van der Waals surface area contributed by atoms with E-state index in [9.17, 15) is 0 Å². The lowest BCUT2D eigenvalue weighted by molar-refractivity contribution is 0.443. The van der Waals surface area contributed by atoms with E-state index in [-0.39, 0.29) is 0 Å². The summed E-state index contributed by atoms with van der Waals surface area (Å²) in [6.07, 6.45) is 4.04. The Morgan fingerprint density at radius 3 is 2.50 bits per heavy atom. The summed E-state index contributed by atoms with van der Waals surface area (Å²) in [5.74, 6) is 0. The van der Waals surface area contributed by atoms with Crippen molar-refractivity contribution in [2.75, 3.05) is 6.54 Å². The van der Waals surface area contributed by atoms with Gasteiger partial charge in [0.2, 0.25) is 0 Å². The van der Waals surface area contributed by atoms with Gasteiger partial charge < -0.3 is 5.32 Å². The molecule has 0 amide bonds. The number of nitriles is 1. The molecular formula is C14H18N2. The molecule has 0 saturated heterocycles. The van der Waals surface area contributed by atoms with Crippen molar-refractivity contribution in [2.45, 2.75) is 32.7 Å². The molecule has 0 aromatic heterocycles. The van der Waals surface area contributed by atoms with Crippen LogP contribution in [0.15, 0.2) is 24.3 Å². The standard InChI is InChI=1S/C14H18N2/c1-2-14(7-8-14)11-16-10-13-5-3-12(9-15)4-6-13/h3-6,16H,2,7-8,10-11H2,1H3. The Morgan fingerprint density at radius 2 is 2.00 bits per heavy atom. The largest absolute Gasteiger partial charge is 0.312 e. The van der Waals surface area contributed by atoms with Crippen LogP contribution in [0.3, 0.4) is 0 Å². The Balaban J connectivity index is 1.79. The molecule has 0 radical (unpaired) electrons. The first-order chi connectivity index (χ1) is 7.78. The van der Waals surface area contributed by atoms with E-state index in [1.165, 1.54) is 24.8 Å². The lowest BCUT2D eigenvalue weighted by atomic mass is 10.0. The fraction of sp³-hybridized carbons (Fsp3) is 0.500. The molecule has 2 heteroatoms. The molecule has 0 heterocycles. The number of rotatable bonds is 5. The highest BCUT2D eigenvalue weighted by molar-refractivity contribution is 5.31. The van der Waals surface area contributed by atoms with Crippen LogP contribution < -0.4 is 5.32 Å². The summed E-state index contributed by atoms with van der Waals surface area (Å²) in [7, 11) is 0. The molecule has 0 aliphatic heterocycles. The van der Waals surface area contributed by atoms with Crippen LogP contribution in [0.5, 0.6) is 0 Å². The number of hydrogen-bond acceptors (Lipinski definition) is 2. The molecule has 0 bridgehead atoms. The zero-order valence-electron chi connectivity index (χ0n) is 9.79. The predicted molar refractivity (Wildman–Crippen MR) is 64.8 cm³/mol. The van der Waals surface area contributed by atoms with Gasteiger partial charge in [0.05, 0.1) is 11.6 Å². The SMILES string of the molecule is CCC1(CNCc2ccc(C#N)cc2)CC1. The summed E-state index contributed by atoms with van der Waals surface area (Å²) in [5, 5.41) is 12.2. The van der Waals surface area contributed by atoms with Crippen LogP contribution in [0.1, 0.15) is 37.3 Å².